The third-order valence-electron chi connectivity index (χ3n) is 5.31. The number of rotatable bonds is 11. The number of guanidine groups is 1. The SMILES string of the molecule is CCCC(O)(CCC)CNC(=NCc1ccc(CN2CCOCC2)cc1)NCC. The monoisotopic (exact) mass is 404 g/mol. The number of aliphatic imine (C=N–C) groups is 1. The van der Waals surface area contributed by atoms with E-state index in [4.69, 9.17) is 9.73 Å². The molecule has 0 atom stereocenters. The summed E-state index contributed by atoms with van der Waals surface area (Å²) < 4.78 is 5.41. The third-order valence-corrected chi connectivity index (χ3v) is 5.31. The normalized spacial score (nSPS) is 16.1. The molecule has 0 saturated carbocycles. The van der Waals surface area contributed by atoms with Crippen LogP contribution in [0.2, 0.25) is 0 Å². The minimum Gasteiger partial charge on any atom is -0.388 e. The predicted molar refractivity (Wildman–Crippen MR) is 120 cm³/mol. The Morgan fingerprint density at radius 2 is 1.66 bits per heavy atom. The van der Waals surface area contributed by atoms with E-state index in [1.165, 1.54) is 11.1 Å². The molecule has 6 heteroatoms. The quantitative estimate of drug-likeness (QED) is 0.391. The summed E-state index contributed by atoms with van der Waals surface area (Å²) in [5, 5.41) is 17.4. The van der Waals surface area contributed by atoms with Crippen LogP contribution in [0.5, 0.6) is 0 Å². The zero-order valence-electron chi connectivity index (χ0n) is 18.5. The van der Waals surface area contributed by atoms with Crippen LogP contribution in [0.15, 0.2) is 29.3 Å². The van der Waals surface area contributed by atoms with Crippen molar-refractivity contribution in [2.24, 2.45) is 4.99 Å². The highest BCUT2D eigenvalue weighted by Crippen LogP contribution is 2.18. The fourth-order valence-electron chi connectivity index (χ4n) is 3.76. The second-order valence-corrected chi connectivity index (χ2v) is 7.98. The smallest absolute Gasteiger partial charge is 0.191 e. The van der Waals surface area contributed by atoms with Gasteiger partial charge in [0.25, 0.3) is 0 Å². The maximum absolute atomic E-state index is 10.8. The Balaban J connectivity index is 1.89. The Hall–Kier alpha value is -1.63. The molecule has 164 valence electrons. The van der Waals surface area contributed by atoms with E-state index in [2.05, 4.69) is 60.6 Å². The van der Waals surface area contributed by atoms with E-state index in [-0.39, 0.29) is 0 Å². The second kappa shape index (κ2) is 12.8. The zero-order chi connectivity index (χ0) is 21.0. The molecule has 1 heterocycles. The molecule has 0 spiro atoms. The number of ether oxygens (including phenoxy) is 1. The van der Waals surface area contributed by atoms with E-state index in [0.29, 0.717) is 13.1 Å². The van der Waals surface area contributed by atoms with Gasteiger partial charge in [0.2, 0.25) is 0 Å². The first-order valence-corrected chi connectivity index (χ1v) is 11.2. The molecule has 1 saturated heterocycles. The first-order chi connectivity index (χ1) is 14.1. The molecule has 0 bridgehead atoms. The minimum atomic E-state index is -0.666. The molecular formula is C23H40N4O2. The molecular weight excluding hydrogens is 364 g/mol. The van der Waals surface area contributed by atoms with Crippen LogP contribution >= 0.6 is 0 Å². The summed E-state index contributed by atoms with van der Waals surface area (Å²) in [4.78, 5) is 7.14. The molecule has 1 aliphatic heterocycles. The van der Waals surface area contributed by atoms with Gasteiger partial charge in [-0.05, 0) is 30.9 Å². The van der Waals surface area contributed by atoms with Crippen molar-refractivity contribution in [1.29, 1.82) is 0 Å². The van der Waals surface area contributed by atoms with E-state index in [1.807, 2.05) is 0 Å². The maximum atomic E-state index is 10.8. The van der Waals surface area contributed by atoms with Gasteiger partial charge in [0, 0.05) is 32.7 Å². The standard InChI is InChI=1S/C23H40N4O2/c1-4-11-23(28,12-5-2)19-26-22(24-6-3)25-17-20-7-9-21(10-8-20)18-27-13-15-29-16-14-27/h7-10,28H,4-6,11-19H2,1-3H3,(H2,24,25,26). The van der Waals surface area contributed by atoms with Crippen LogP contribution in [-0.4, -0.2) is 61.0 Å². The van der Waals surface area contributed by atoms with Gasteiger partial charge in [-0.15, -0.1) is 0 Å². The molecule has 0 radical (unpaired) electrons. The third kappa shape index (κ3) is 8.72. The molecule has 1 aromatic rings. The van der Waals surface area contributed by atoms with E-state index < -0.39 is 5.60 Å². The summed E-state index contributed by atoms with van der Waals surface area (Å²) in [6, 6.07) is 8.71. The van der Waals surface area contributed by atoms with Crippen LogP contribution in [0.1, 0.15) is 57.6 Å². The molecule has 29 heavy (non-hydrogen) atoms. The number of aliphatic hydroxyl groups is 1. The Morgan fingerprint density at radius 1 is 1.03 bits per heavy atom. The van der Waals surface area contributed by atoms with Crippen molar-refractivity contribution < 1.29 is 9.84 Å². The van der Waals surface area contributed by atoms with Gasteiger partial charge >= 0.3 is 0 Å². The van der Waals surface area contributed by atoms with Gasteiger partial charge < -0.3 is 20.5 Å². The van der Waals surface area contributed by atoms with Gasteiger partial charge in [-0.25, -0.2) is 4.99 Å². The summed E-state index contributed by atoms with van der Waals surface area (Å²) >= 11 is 0. The lowest BCUT2D eigenvalue weighted by Crippen LogP contribution is -2.47. The molecule has 0 unspecified atom stereocenters. The number of hydrogen-bond acceptors (Lipinski definition) is 4. The van der Waals surface area contributed by atoms with Crippen LogP contribution < -0.4 is 10.6 Å². The van der Waals surface area contributed by atoms with Crippen LogP contribution in [0.3, 0.4) is 0 Å². The molecule has 0 aliphatic carbocycles. The Morgan fingerprint density at radius 3 is 2.24 bits per heavy atom. The van der Waals surface area contributed by atoms with Crippen molar-refractivity contribution in [3.05, 3.63) is 35.4 Å². The Kier molecular flexibility index (Phi) is 10.5. The predicted octanol–water partition coefficient (Wildman–Crippen LogP) is 2.91. The van der Waals surface area contributed by atoms with Gasteiger partial charge in [0.05, 0.1) is 25.4 Å². The number of benzene rings is 1. The zero-order valence-corrected chi connectivity index (χ0v) is 18.5. The number of nitrogens with one attached hydrogen (secondary N) is 2. The molecule has 6 nitrogen and oxygen atoms in total. The first kappa shape index (κ1) is 23.6. The van der Waals surface area contributed by atoms with Crippen molar-refractivity contribution in [2.75, 3.05) is 39.4 Å². The van der Waals surface area contributed by atoms with Crippen molar-refractivity contribution in [3.63, 3.8) is 0 Å². The summed E-state index contributed by atoms with van der Waals surface area (Å²) in [6.45, 7) is 12.9. The minimum absolute atomic E-state index is 0.527. The molecule has 2 rings (SSSR count). The summed E-state index contributed by atoms with van der Waals surface area (Å²) in [6.07, 6.45) is 3.56. The average Bonchev–Trinajstić information content (AvgIpc) is 2.72. The highest BCUT2D eigenvalue weighted by atomic mass is 16.5. The molecule has 0 amide bonds. The number of hydrogen-bond donors (Lipinski definition) is 3. The lowest BCUT2D eigenvalue weighted by atomic mass is 9.93. The molecule has 3 N–H and O–H groups in total. The van der Waals surface area contributed by atoms with E-state index in [1.54, 1.807) is 0 Å². The lowest BCUT2D eigenvalue weighted by Gasteiger charge is -2.28. The lowest BCUT2D eigenvalue weighted by molar-refractivity contribution is 0.0257. The summed E-state index contributed by atoms with van der Waals surface area (Å²) in [5.74, 6) is 0.760. The Labute approximate surface area is 176 Å². The highest BCUT2D eigenvalue weighted by Gasteiger charge is 2.24. The van der Waals surface area contributed by atoms with Gasteiger partial charge in [-0.3, -0.25) is 4.90 Å². The van der Waals surface area contributed by atoms with Crippen molar-refractivity contribution in [2.45, 2.75) is 65.1 Å². The summed E-state index contributed by atoms with van der Waals surface area (Å²) in [5.41, 5.74) is 1.85. The molecule has 1 aromatic carbocycles. The van der Waals surface area contributed by atoms with E-state index in [0.717, 1.165) is 71.0 Å². The van der Waals surface area contributed by atoms with Crippen molar-refractivity contribution >= 4 is 5.96 Å². The van der Waals surface area contributed by atoms with E-state index in [9.17, 15) is 5.11 Å². The number of nitrogens with zero attached hydrogens (tertiary/aromatic N) is 2. The van der Waals surface area contributed by atoms with Crippen molar-refractivity contribution in [3.8, 4) is 0 Å². The average molecular weight is 405 g/mol. The summed E-state index contributed by atoms with van der Waals surface area (Å²) in [7, 11) is 0. The topological polar surface area (TPSA) is 69.1 Å². The van der Waals surface area contributed by atoms with Crippen LogP contribution in [0, 0.1) is 0 Å². The fourth-order valence-corrected chi connectivity index (χ4v) is 3.76. The Bertz CT molecular complexity index is 591. The van der Waals surface area contributed by atoms with Crippen molar-refractivity contribution in [1.82, 2.24) is 15.5 Å². The molecule has 0 aromatic heterocycles. The van der Waals surface area contributed by atoms with Gasteiger partial charge in [0.15, 0.2) is 5.96 Å². The molecule has 1 aliphatic rings. The van der Waals surface area contributed by atoms with Crippen LogP contribution in [0.25, 0.3) is 0 Å². The second-order valence-electron chi connectivity index (χ2n) is 7.98. The molecule has 1 fully saturated rings. The largest absolute Gasteiger partial charge is 0.388 e. The number of morpholine rings is 1. The maximum Gasteiger partial charge on any atom is 0.191 e. The first-order valence-electron chi connectivity index (χ1n) is 11.2. The van der Waals surface area contributed by atoms with Crippen LogP contribution in [-0.2, 0) is 17.8 Å². The van der Waals surface area contributed by atoms with Gasteiger partial charge in [0.1, 0.15) is 0 Å². The van der Waals surface area contributed by atoms with Crippen LogP contribution in [0.4, 0.5) is 0 Å². The highest BCUT2D eigenvalue weighted by molar-refractivity contribution is 5.79. The fraction of sp³-hybridized carbons (Fsp3) is 0.696. The van der Waals surface area contributed by atoms with Gasteiger partial charge in [-0.2, -0.15) is 0 Å². The van der Waals surface area contributed by atoms with E-state index >= 15 is 0 Å². The van der Waals surface area contributed by atoms with Gasteiger partial charge in [-0.1, -0.05) is 51.0 Å².